The molecule has 2 aliphatic heterocycles. The van der Waals surface area contributed by atoms with E-state index in [1.807, 2.05) is 0 Å². The fourth-order valence-corrected chi connectivity index (χ4v) is 4.57. The summed E-state index contributed by atoms with van der Waals surface area (Å²) in [5, 5.41) is 11.3. The predicted molar refractivity (Wildman–Crippen MR) is 138 cm³/mol. The van der Waals surface area contributed by atoms with Gasteiger partial charge in [0.2, 0.25) is 0 Å². The summed E-state index contributed by atoms with van der Waals surface area (Å²) < 4.78 is 21.9. The Morgan fingerprint density at radius 1 is 1.05 bits per heavy atom. The SMILES string of the molecule is C=CCOc1ccc(/C(O)=C2\C(=O)C(=O)N(CCN3CCOCC3)[C@H]2c2ccc(OC)cc2OC)cc1. The summed E-state index contributed by atoms with van der Waals surface area (Å²) in [6, 6.07) is 11.0. The van der Waals surface area contributed by atoms with Gasteiger partial charge < -0.3 is 29.0 Å². The van der Waals surface area contributed by atoms with Crippen molar-refractivity contribution in [1.82, 2.24) is 9.80 Å². The molecule has 2 heterocycles. The molecule has 9 nitrogen and oxygen atoms in total. The molecule has 0 spiro atoms. The zero-order valence-electron chi connectivity index (χ0n) is 21.1. The second kappa shape index (κ2) is 11.9. The van der Waals surface area contributed by atoms with Crippen LogP contribution in [0.1, 0.15) is 17.2 Å². The molecular weight excluding hydrogens is 476 g/mol. The number of nitrogens with zero attached hydrogens (tertiary/aromatic N) is 2. The lowest BCUT2D eigenvalue weighted by Crippen LogP contribution is -2.42. The maximum Gasteiger partial charge on any atom is 0.295 e. The van der Waals surface area contributed by atoms with Gasteiger partial charge in [-0.3, -0.25) is 14.5 Å². The number of hydrogen-bond donors (Lipinski definition) is 1. The molecule has 0 bridgehead atoms. The number of ketones is 1. The molecular formula is C28H32N2O7. The van der Waals surface area contributed by atoms with E-state index in [0.717, 1.165) is 13.1 Å². The fraction of sp³-hybridized carbons (Fsp3) is 0.357. The lowest BCUT2D eigenvalue weighted by molar-refractivity contribution is -0.140. The number of morpholine rings is 1. The number of ether oxygens (including phenoxy) is 4. The molecule has 0 aliphatic carbocycles. The normalized spacial score (nSPS) is 19.6. The Labute approximate surface area is 216 Å². The zero-order chi connectivity index (χ0) is 26.4. The van der Waals surface area contributed by atoms with E-state index >= 15 is 0 Å². The second-order valence-corrected chi connectivity index (χ2v) is 8.68. The third-order valence-electron chi connectivity index (χ3n) is 6.53. The van der Waals surface area contributed by atoms with Crippen LogP contribution in [0, 0.1) is 0 Å². The van der Waals surface area contributed by atoms with Crippen LogP contribution in [0.15, 0.2) is 60.7 Å². The molecule has 2 aliphatic rings. The van der Waals surface area contributed by atoms with E-state index in [-0.39, 0.29) is 11.3 Å². The van der Waals surface area contributed by atoms with Crippen molar-refractivity contribution in [3.8, 4) is 17.2 Å². The van der Waals surface area contributed by atoms with Crippen molar-refractivity contribution in [3.05, 3.63) is 71.8 Å². The molecule has 2 saturated heterocycles. The Bertz CT molecular complexity index is 1170. The van der Waals surface area contributed by atoms with Gasteiger partial charge in [-0.25, -0.2) is 0 Å². The highest BCUT2D eigenvalue weighted by Gasteiger charge is 2.47. The number of rotatable bonds is 10. The summed E-state index contributed by atoms with van der Waals surface area (Å²) in [4.78, 5) is 30.3. The summed E-state index contributed by atoms with van der Waals surface area (Å²) in [5.41, 5.74) is 0.988. The van der Waals surface area contributed by atoms with Gasteiger partial charge in [-0.05, 0) is 36.4 Å². The van der Waals surface area contributed by atoms with E-state index in [9.17, 15) is 14.7 Å². The quantitative estimate of drug-likeness (QED) is 0.226. The van der Waals surface area contributed by atoms with Crippen LogP contribution in [0.3, 0.4) is 0 Å². The van der Waals surface area contributed by atoms with Crippen LogP contribution in [0.4, 0.5) is 0 Å². The van der Waals surface area contributed by atoms with Crippen LogP contribution in [0.2, 0.25) is 0 Å². The molecule has 0 unspecified atom stereocenters. The molecule has 1 amide bonds. The van der Waals surface area contributed by atoms with Crippen molar-refractivity contribution in [1.29, 1.82) is 0 Å². The van der Waals surface area contributed by atoms with E-state index in [4.69, 9.17) is 18.9 Å². The second-order valence-electron chi connectivity index (χ2n) is 8.68. The highest BCUT2D eigenvalue weighted by Crippen LogP contribution is 2.43. The number of carbonyl (C=O) groups excluding carboxylic acids is 2. The Morgan fingerprint density at radius 2 is 1.76 bits per heavy atom. The van der Waals surface area contributed by atoms with Gasteiger partial charge in [-0.15, -0.1) is 0 Å². The molecule has 2 fully saturated rings. The first-order valence-electron chi connectivity index (χ1n) is 12.1. The molecule has 0 aromatic heterocycles. The highest BCUT2D eigenvalue weighted by molar-refractivity contribution is 6.46. The molecule has 0 saturated carbocycles. The Balaban J connectivity index is 1.75. The number of benzene rings is 2. The Morgan fingerprint density at radius 3 is 2.41 bits per heavy atom. The highest BCUT2D eigenvalue weighted by atomic mass is 16.5. The van der Waals surface area contributed by atoms with Crippen molar-refractivity contribution < 1.29 is 33.6 Å². The van der Waals surface area contributed by atoms with Gasteiger partial charge in [0.25, 0.3) is 11.7 Å². The number of amides is 1. The predicted octanol–water partition coefficient (Wildman–Crippen LogP) is 3.02. The van der Waals surface area contributed by atoms with E-state index in [1.54, 1.807) is 55.7 Å². The van der Waals surface area contributed by atoms with Gasteiger partial charge in [-0.1, -0.05) is 12.7 Å². The first-order valence-corrected chi connectivity index (χ1v) is 12.1. The number of Topliss-reactive ketones (excluding diaryl/α,β-unsaturated/α-hetero) is 1. The zero-order valence-corrected chi connectivity index (χ0v) is 21.1. The summed E-state index contributed by atoms with van der Waals surface area (Å²) >= 11 is 0. The minimum Gasteiger partial charge on any atom is -0.507 e. The molecule has 9 heteroatoms. The number of hydrogen-bond acceptors (Lipinski definition) is 8. The summed E-state index contributed by atoms with van der Waals surface area (Å²) in [6.45, 7) is 7.60. The lowest BCUT2D eigenvalue weighted by atomic mass is 9.94. The van der Waals surface area contributed by atoms with Crippen LogP contribution in [0.25, 0.3) is 5.76 Å². The van der Waals surface area contributed by atoms with Gasteiger partial charge in [0.1, 0.15) is 29.6 Å². The number of aliphatic hydroxyl groups is 1. The van der Waals surface area contributed by atoms with Crippen LogP contribution in [-0.2, 0) is 14.3 Å². The monoisotopic (exact) mass is 508 g/mol. The van der Waals surface area contributed by atoms with Gasteiger partial charge in [0.15, 0.2) is 0 Å². The minimum atomic E-state index is -0.835. The van der Waals surface area contributed by atoms with E-state index in [2.05, 4.69) is 11.5 Å². The van der Waals surface area contributed by atoms with Gasteiger partial charge in [0, 0.05) is 43.4 Å². The lowest BCUT2D eigenvalue weighted by Gasteiger charge is -2.31. The summed E-state index contributed by atoms with van der Waals surface area (Å²) in [7, 11) is 3.06. The molecule has 1 N–H and O–H groups in total. The molecule has 37 heavy (non-hydrogen) atoms. The van der Waals surface area contributed by atoms with Crippen molar-refractivity contribution in [3.63, 3.8) is 0 Å². The van der Waals surface area contributed by atoms with E-state index < -0.39 is 17.7 Å². The fourth-order valence-electron chi connectivity index (χ4n) is 4.57. The van der Waals surface area contributed by atoms with Crippen molar-refractivity contribution in [2.45, 2.75) is 6.04 Å². The summed E-state index contributed by atoms with van der Waals surface area (Å²) in [6.07, 6.45) is 1.63. The average Bonchev–Trinajstić information content (AvgIpc) is 3.19. The minimum absolute atomic E-state index is 0.00945. The van der Waals surface area contributed by atoms with Crippen LogP contribution in [-0.4, -0.2) is 86.8 Å². The first-order chi connectivity index (χ1) is 18.0. The maximum atomic E-state index is 13.4. The smallest absolute Gasteiger partial charge is 0.295 e. The molecule has 4 rings (SSSR count). The van der Waals surface area contributed by atoms with Gasteiger partial charge >= 0.3 is 0 Å². The largest absolute Gasteiger partial charge is 0.507 e. The third-order valence-corrected chi connectivity index (χ3v) is 6.53. The average molecular weight is 509 g/mol. The Kier molecular flexibility index (Phi) is 8.47. The van der Waals surface area contributed by atoms with Crippen LogP contribution < -0.4 is 14.2 Å². The molecule has 2 aromatic carbocycles. The number of carbonyl (C=O) groups is 2. The molecule has 0 radical (unpaired) electrons. The number of methoxy groups -OCH3 is 2. The first kappa shape index (κ1) is 26.2. The summed E-state index contributed by atoms with van der Waals surface area (Å²) in [5.74, 6) is -0.0539. The standard InChI is InChI=1S/C28H32N2O7/c1-4-15-37-20-7-5-19(6-8-20)26(31)24-25(22-10-9-21(34-2)18-23(22)35-3)30(28(33)27(24)32)12-11-29-13-16-36-17-14-29/h4-10,18,25,31H,1,11-17H2,2-3H3/b26-24+/t25-/m0/s1. The molecule has 196 valence electrons. The third kappa shape index (κ3) is 5.63. The van der Waals surface area contributed by atoms with Crippen molar-refractivity contribution in [2.24, 2.45) is 0 Å². The van der Waals surface area contributed by atoms with E-state index in [0.29, 0.717) is 61.3 Å². The molecule has 2 aromatic rings. The maximum absolute atomic E-state index is 13.4. The van der Waals surface area contributed by atoms with Gasteiger partial charge in [0.05, 0.1) is 39.0 Å². The molecule has 1 atom stereocenters. The van der Waals surface area contributed by atoms with Crippen molar-refractivity contribution in [2.75, 3.05) is 60.2 Å². The topological polar surface area (TPSA) is 97.8 Å². The van der Waals surface area contributed by atoms with E-state index in [1.165, 1.54) is 12.0 Å². The Hall–Kier alpha value is -3.82. The van der Waals surface area contributed by atoms with Gasteiger partial charge in [-0.2, -0.15) is 0 Å². The van der Waals surface area contributed by atoms with Crippen LogP contribution >= 0.6 is 0 Å². The van der Waals surface area contributed by atoms with Crippen molar-refractivity contribution >= 4 is 17.4 Å². The number of aliphatic hydroxyl groups excluding tert-OH is 1. The number of likely N-dealkylation sites (tertiary alicyclic amines) is 1. The van der Waals surface area contributed by atoms with Crippen LogP contribution in [0.5, 0.6) is 17.2 Å².